The summed E-state index contributed by atoms with van der Waals surface area (Å²) in [5, 5.41) is 19.7. The van der Waals surface area contributed by atoms with Gasteiger partial charge in [-0.3, -0.25) is 0 Å². The van der Waals surface area contributed by atoms with Gasteiger partial charge >= 0.3 is 7.48 Å². The first-order valence-electron chi connectivity index (χ1n) is 6.79. The highest BCUT2D eigenvalue weighted by molar-refractivity contribution is 6.47. The highest BCUT2D eigenvalue weighted by Gasteiger charge is 2.35. The predicted octanol–water partition coefficient (Wildman–Crippen LogP) is 1.73. The standard InChI is InChI=1S/C15H24BFO3/c1-9-12(10(2)18)7-11(8-13(9)17)16-20-15(5,6)14(3,4)19/h7-8,10,16,18-19H,1-6H3. The summed E-state index contributed by atoms with van der Waals surface area (Å²) in [7, 11) is 0.175. The van der Waals surface area contributed by atoms with Crippen LogP contribution >= 0.6 is 0 Å². The lowest BCUT2D eigenvalue weighted by Crippen LogP contribution is -2.49. The molecular formula is C15H24BFO3. The highest BCUT2D eigenvalue weighted by atomic mass is 19.1. The van der Waals surface area contributed by atoms with Crippen LogP contribution in [0.15, 0.2) is 12.1 Å². The smallest absolute Gasteiger partial charge is 0.309 e. The van der Waals surface area contributed by atoms with Crippen molar-refractivity contribution in [2.75, 3.05) is 0 Å². The largest absolute Gasteiger partial charge is 0.427 e. The predicted molar refractivity (Wildman–Crippen MR) is 80.0 cm³/mol. The molecule has 0 bridgehead atoms. The molecule has 0 aliphatic carbocycles. The summed E-state index contributed by atoms with van der Waals surface area (Å²) in [6.45, 7) is 10.2. The zero-order valence-electron chi connectivity index (χ0n) is 13.1. The molecule has 0 fully saturated rings. The number of halogens is 1. The maximum absolute atomic E-state index is 13.8. The molecule has 0 amide bonds. The van der Waals surface area contributed by atoms with Crippen molar-refractivity contribution in [1.29, 1.82) is 0 Å². The molecule has 0 spiro atoms. The van der Waals surface area contributed by atoms with E-state index in [0.717, 1.165) is 0 Å². The number of rotatable bonds is 5. The molecule has 0 heterocycles. The summed E-state index contributed by atoms with van der Waals surface area (Å²) < 4.78 is 19.5. The Hall–Kier alpha value is -0.905. The minimum absolute atomic E-state index is 0.175. The zero-order valence-corrected chi connectivity index (χ0v) is 13.1. The Kier molecular flexibility index (Phi) is 5.01. The van der Waals surface area contributed by atoms with Gasteiger partial charge in [0.25, 0.3) is 0 Å². The molecule has 0 saturated heterocycles. The van der Waals surface area contributed by atoms with Gasteiger partial charge in [0.1, 0.15) is 5.82 Å². The van der Waals surface area contributed by atoms with Gasteiger partial charge in [-0.25, -0.2) is 4.39 Å². The highest BCUT2D eigenvalue weighted by Crippen LogP contribution is 2.24. The summed E-state index contributed by atoms with van der Waals surface area (Å²) in [5.41, 5.74) is -0.126. The van der Waals surface area contributed by atoms with Crippen molar-refractivity contribution in [2.45, 2.75) is 58.8 Å². The van der Waals surface area contributed by atoms with Gasteiger partial charge < -0.3 is 14.9 Å². The Balaban J connectivity index is 2.95. The Bertz CT molecular complexity index is 479. The molecule has 20 heavy (non-hydrogen) atoms. The third-order valence-corrected chi connectivity index (χ3v) is 3.97. The minimum atomic E-state index is -1.01. The number of hydrogen-bond acceptors (Lipinski definition) is 3. The van der Waals surface area contributed by atoms with Gasteiger partial charge in [-0.1, -0.05) is 6.07 Å². The lowest BCUT2D eigenvalue weighted by Gasteiger charge is -2.37. The second-order valence-corrected chi connectivity index (χ2v) is 6.33. The maximum atomic E-state index is 13.8. The first-order chi connectivity index (χ1) is 8.95. The second-order valence-electron chi connectivity index (χ2n) is 6.33. The molecule has 1 rings (SSSR count). The van der Waals surface area contributed by atoms with Crippen molar-refractivity contribution >= 4 is 12.9 Å². The van der Waals surface area contributed by atoms with Crippen LogP contribution in [0.25, 0.3) is 0 Å². The van der Waals surface area contributed by atoms with E-state index in [1.54, 1.807) is 47.6 Å². The zero-order chi connectivity index (χ0) is 15.7. The summed E-state index contributed by atoms with van der Waals surface area (Å²) in [6, 6.07) is 3.14. The molecule has 0 radical (unpaired) electrons. The average Bonchev–Trinajstić information content (AvgIpc) is 2.28. The molecule has 112 valence electrons. The number of aliphatic hydroxyl groups excluding tert-OH is 1. The molecule has 1 atom stereocenters. The van der Waals surface area contributed by atoms with Crippen LogP contribution in [0.3, 0.4) is 0 Å². The SMILES string of the molecule is Cc1c(F)cc(BOC(C)(C)C(C)(C)O)cc1C(C)O. The van der Waals surface area contributed by atoms with Crippen molar-refractivity contribution in [1.82, 2.24) is 0 Å². The van der Waals surface area contributed by atoms with Crippen molar-refractivity contribution in [3.63, 3.8) is 0 Å². The van der Waals surface area contributed by atoms with E-state index in [2.05, 4.69) is 0 Å². The Morgan fingerprint density at radius 2 is 1.80 bits per heavy atom. The summed E-state index contributed by atoms with van der Waals surface area (Å²) in [5.74, 6) is -0.358. The van der Waals surface area contributed by atoms with Gasteiger partial charge in [-0.05, 0) is 64.2 Å². The van der Waals surface area contributed by atoms with Crippen molar-refractivity contribution in [2.24, 2.45) is 0 Å². The van der Waals surface area contributed by atoms with E-state index in [0.29, 0.717) is 16.6 Å². The van der Waals surface area contributed by atoms with E-state index >= 15 is 0 Å². The van der Waals surface area contributed by atoms with Gasteiger partial charge in [0, 0.05) is 0 Å². The van der Waals surface area contributed by atoms with Crippen LogP contribution in [-0.4, -0.2) is 28.9 Å². The van der Waals surface area contributed by atoms with Gasteiger partial charge in [0.2, 0.25) is 0 Å². The van der Waals surface area contributed by atoms with Gasteiger partial charge in [-0.15, -0.1) is 0 Å². The van der Waals surface area contributed by atoms with Crippen molar-refractivity contribution in [3.8, 4) is 0 Å². The third kappa shape index (κ3) is 3.81. The monoisotopic (exact) mass is 282 g/mol. The summed E-state index contributed by atoms with van der Waals surface area (Å²) >= 11 is 0. The summed E-state index contributed by atoms with van der Waals surface area (Å²) in [6.07, 6.45) is -0.730. The molecular weight excluding hydrogens is 258 g/mol. The molecule has 0 aromatic heterocycles. The first-order valence-corrected chi connectivity index (χ1v) is 6.79. The lowest BCUT2D eigenvalue weighted by atomic mass is 9.81. The van der Waals surface area contributed by atoms with E-state index in [9.17, 15) is 14.6 Å². The van der Waals surface area contributed by atoms with E-state index in [1.165, 1.54) is 6.07 Å². The number of hydrogen-bond donors (Lipinski definition) is 2. The lowest BCUT2D eigenvalue weighted by molar-refractivity contribution is -0.0893. The molecule has 1 aromatic rings. The van der Waals surface area contributed by atoms with E-state index in [4.69, 9.17) is 4.65 Å². The molecule has 0 saturated carbocycles. The third-order valence-electron chi connectivity index (χ3n) is 3.97. The number of aliphatic hydroxyl groups is 2. The van der Waals surface area contributed by atoms with Crippen LogP contribution in [0.2, 0.25) is 0 Å². The topological polar surface area (TPSA) is 49.7 Å². The minimum Gasteiger partial charge on any atom is -0.427 e. The first kappa shape index (κ1) is 17.1. The van der Waals surface area contributed by atoms with Crippen LogP contribution in [0.1, 0.15) is 51.8 Å². The maximum Gasteiger partial charge on any atom is 0.309 e. The molecule has 0 aliphatic rings. The Morgan fingerprint density at radius 1 is 1.25 bits per heavy atom. The molecule has 3 nitrogen and oxygen atoms in total. The van der Waals surface area contributed by atoms with E-state index < -0.39 is 17.3 Å². The molecule has 0 aliphatic heterocycles. The van der Waals surface area contributed by atoms with Crippen molar-refractivity contribution < 1.29 is 19.3 Å². The molecule has 1 unspecified atom stereocenters. The van der Waals surface area contributed by atoms with Crippen LogP contribution in [-0.2, 0) is 4.65 Å². The van der Waals surface area contributed by atoms with Gasteiger partial charge in [0.05, 0.1) is 17.3 Å². The fourth-order valence-electron chi connectivity index (χ4n) is 1.72. The average molecular weight is 282 g/mol. The van der Waals surface area contributed by atoms with E-state index in [1.807, 2.05) is 0 Å². The quantitative estimate of drug-likeness (QED) is 0.809. The van der Waals surface area contributed by atoms with Crippen LogP contribution in [0, 0.1) is 12.7 Å². The molecule has 1 aromatic carbocycles. The number of benzene rings is 1. The Labute approximate surface area is 121 Å². The van der Waals surface area contributed by atoms with Crippen LogP contribution in [0.4, 0.5) is 4.39 Å². The van der Waals surface area contributed by atoms with Crippen molar-refractivity contribution in [3.05, 3.63) is 29.1 Å². The fraction of sp³-hybridized carbons (Fsp3) is 0.600. The second kappa shape index (κ2) is 5.84. The fourth-order valence-corrected chi connectivity index (χ4v) is 1.72. The summed E-state index contributed by atoms with van der Waals surface area (Å²) in [4.78, 5) is 0. The molecule has 2 N–H and O–H groups in total. The van der Waals surface area contributed by atoms with Crippen LogP contribution in [0.5, 0.6) is 0 Å². The van der Waals surface area contributed by atoms with Gasteiger partial charge in [0.15, 0.2) is 0 Å². The normalized spacial score (nSPS) is 14.2. The Morgan fingerprint density at radius 3 is 2.25 bits per heavy atom. The van der Waals surface area contributed by atoms with Gasteiger partial charge in [-0.2, -0.15) is 0 Å². The van der Waals surface area contributed by atoms with E-state index in [-0.39, 0.29) is 13.3 Å². The molecule has 5 heteroatoms. The van der Waals surface area contributed by atoms with Crippen LogP contribution < -0.4 is 5.46 Å².